The summed E-state index contributed by atoms with van der Waals surface area (Å²) in [7, 11) is 6.19. The standard InChI is InChI=1S/C18H29NO6/c1-7-11(10-18(2,19)17(20)21)8-12-13(22-3)9-14(23-4)16(25-6)15(12)24-5/h9,11H,7-8,10,19H2,1-6H3,(H,20,21). The average molecular weight is 355 g/mol. The van der Waals surface area contributed by atoms with E-state index in [0.717, 1.165) is 12.0 Å². The lowest BCUT2D eigenvalue weighted by atomic mass is 9.84. The molecule has 0 fully saturated rings. The number of aliphatic carboxylic acids is 1. The summed E-state index contributed by atoms with van der Waals surface area (Å²) in [5.41, 5.74) is 5.43. The predicted molar refractivity (Wildman–Crippen MR) is 95.0 cm³/mol. The molecule has 1 aromatic rings. The van der Waals surface area contributed by atoms with Crippen LogP contribution in [0.4, 0.5) is 0 Å². The van der Waals surface area contributed by atoms with E-state index in [1.807, 2.05) is 6.92 Å². The molecule has 7 nitrogen and oxygen atoms in total. The summed E-state index contributed by atoms with van der Waals surface area (Å²) in [4.78, 5) is 11.3. The molecule has 0 bridgehead atoms. The van der Waals surface area contributed by atoms with Crippen molar-refractivity contribution >= 4 is 5.97 Å². The van der Waals surface area contributed by atoms with Crippen molar-refractivity contribution in [1.29, 1.82) is 0 Å². The predicted octanol–water partition coefficient (Wildman–Crippen LogP) is 2.48. The largest absolute Gasteiger partial charge is 0.496 e. The highest BCUT2D eigenvalue weighted by molar-refractivity contribution is 5.77. The fraction of sp³-hybridized carbons (Fsp3) is 0.611. The summed E-state index contributed by atoms with van der Waals surface area (Å²) in [5.74, 6) is 1.11. The van der Waals surface area contributed by atoms with Crippen molar-refractivity contribution in [3.63, 3.8) is 0 Å². The van der Waals surface area contributed by atoms with Crippen LogP contribution in [0.25, 0.3) is 0 Å². The highest BCUT2D eigenvalue weighted by atomic mass is 16.5. The number of hydrogen-bond donors (Lipinski definition) is 2. The summed E-state index contributed by atoms with van der Waals surface area (Å²) < 4.78 is 21.8. The molecule has 0 radical (unpaired) electrons. The molecule has 0 spiro atoms. The van der Waals surface area contributed by atoms with Gasteiger partial charge in [-0.15, -0.1) is 0 Å². The van der Waals surface area contributed by atoms with Crippen molar-refractivity contribution in [3.05, 3.63) is 11.6 Å². The zero-order chi connectivity index (χ0) is 19.2. The molecule has 1 rings (SSSR count). The van der Waals surface area contributed by atoms with E-state index in [-0.39, 0.29) is 5.92 Å². The van der Waals surface area contributed by atoms with Gasteiger partial charge in [0.2, 0.25) is 5.75 Å². The van der Waals surface area contributed by atoms with E-state index >= 15 is 0 Å². The van der Waals surface area contributed by atoms with Gasteiger partial charge in [0.25, 0.3) is 0 Å². The molecule has 7 heteroatoms. The summed E-state index contributed by atoms with van der Waals surface area (Å²) in [6.45, 7) is 3.53. The number of carbonyl (C=O) groups is 1. The van der Waals surface area contributed by atoms with Crippen LogP contribution in [0.15, 0.2) is 6.07 Å². The van der Waals surface area contributed by atoms with Gasteiger partial charge in [-0.1, -0.05) is 13.3 Å². The second-order valence-electron chi connectivity index (χ2n) is 6.23. The Bertz CT molecular complexity index is 600. The van der Waals surface area contributed by atoms with Crippen LogP contribution in [0, 0.1) is 5.92 Å². The molecular formula is C18H29NO6. The van der Waals surface area contributed by atoms with Crippen LogP contribution in [-0.4, -0.2) is 45.1 Å². The maximum Gasteiger partial charge on any atom is 0.323 e. The third kappa shape index (κ3) is 4.69. The fourth-order valence-corrected chi connectivity index (χ4v) is 2.91. The molecule has 0 aromatic heterocycles. The molecule has 3 N–H and O–H groups in total. The number of carboxylic acid groups (broad SMARTS) is 1. The van der Waals surface area contributed by atoms with Gasteiger partial charge in [-0.05, 0) is 25.7 Å². The molecule has 0 aliphatic heterocycles. The van der Waals surface area contributed by atoms with Crippen LogP contribution >= 0.6 is 0 Å². The number of carboxylic acids is 1. The van der Waals surface area contributed by atoms with Crippen molar-refractivity contribution in [3.8, 4) is 23.0 Å². The van der Waals surface area contributed by atoms with Crippen molar-refractivity contribution in [1.82, 2.24) is 0 Å². The first-order chi connectivity index (χ1) is 11.7. The first kappa shape index (κ1) is 20.9. The Kier molecular flexibility index (Phi) is 7.36. The van der Waals surface area contributed by atoms with Gasteiger partial charge in [-0.3, -0.25) is 4.79 Å². The minimum atomic E-state index is -1.29. The van der Waals surface area contributed by atoms with Crippen LogP contribution in [0.2, 0.25) is 0 Å². The van der Waals surface area contributed by atoms with E-state index < -0.39 is 11.5 Å². The Labute approximate surface area is 149 Å². The monoisotopic (exact) mass is 355 g/mol. The zero-order valence-electron chi connectivity index (χ0n) is 15.8. The average Bonchev–Trinajstić information content (AvgIpc) is 2.59. The van der Waals surface area contributed by atoms with E-state index in [2.05, 4.69) is 0 Å². The molecule has 0 aliphatic carbocycles. The molecule has 0 saturated carbocycles. The molecule has 1 aromatic carbocycles. The lowest BCUT2D eigenvalue weighted by Gasteiger charge is -2.27. The Morgan fingerprint density at radius 2 is 1.68 bits per heavy atom. The number of hydrogen-bond acceptors (Lipinski definition) is 6. The van der Waals surface area contributed by atoms with Gasteiger partial charge in [-0.25, -0.2) is 0 Å². The second kappa shape index (κ2) is 8.80. The molecule has 142 valence electrons. The normalized spacial score (nSPS) is 14.4. The van der Waals surface area contributed by atoms with E-state index in [0.29, 0.717) is 35.8 Å². The summed E-state index contributed by atoms with van der Waals surface area (Å²) in [6, 6.07) is 1.74. The van der Waals surface area contributed by atoms with Crippen molar-refractivity contribution < 1.29 is 28.8 Å². The highest BCUT2D eigenvalue weighted by Gasteiger charge is 2.32. The Balaban J connectivity index is 3.32. The molecule has 0 heterocycles. The Morgan fingerprint density at radius 3 is 2.08 bits per heavy atom. The Morgan fingerprint density at radius 1 is 1.12 bits per heavy atom. The van der Waals surface area contributed by atoms with Crippen LogP contribution in [0.1, 0.15) is 32.3 Å². The lowest BCUT2D eigenvalue weighted by Crippen LogP contribution is -2.46. The molecule has 0 aliphatic rings. The topological polar surface area (TPSA) is 100 Å². The van der Waals surface area contributed by atoms with Gasteiger partial charge >= 0.3 is 5.97 Å². The van der Waals surface area contributed by atoms with Crippen LogP contribution in [-0.2, 0) is 11.2 Å². The Hall–Kier alpha value is -2.15. The van der Waals surface area contributed by atoms with Crippen LogP contribution < -0.4 is 24.7 Å². The second-order valence-corrected chi connectivity index (χ2v) is 6.23. The number of ether oxygens (including phenoxy) is 4. The van der Waals surface area contributed by atoms with Crippen molar-refractivity contribution in [2.75, 3.05) is 28.4 Å². The molecular weight excluding hydrogens is 326 g/mol. The minimum Gasteiger partial charge on any atom is -0.496 e. The smallest absolute Gasteiger partial charge is 0.323 e. The van der Waals surface area contributed by atoms with Crippen molar-refractivity contribution in [2.24, 2.45) is 11.7 Å². The maximum absolute atomic E-state index is 11.3. The lowest BCUT2D eigenvalue weighted by molar-refractivity contribution is -0.143. The van der Waals surface area contributed by atoms with Gasteiger partial charge in [0, 0.05) is 11.6 Å². The van der Waals surface area contributed by atoms with Crippen LogP contribution in [0.3, 0.4) is 0 Å². The minimum absolute atomic E-state index is 0.0343. The first-order valence-corrected chi connectivity index (χ1v) is 8.13. The molecule has 25 heavy (non-hydrogen) atoms. The van der Waals surface area contributed by atoms with E-state index in [4.69, 9.17) is 24.7 Å². The molecule has 2 unspecified atom stereocenters. The number of methoxy groups -OCH3 is 4. The summed E-state index contributed by atoms with van der Waals surface area (Å²) >= 11 is 0. The molecule has 0 saturated heterocycles. The van der Waals surface area contributed by atoms with Crippen LogP contribution in [0.5, 0.6) is 23.0 Å². The van der Waals surface area contributed by atoms with Crippen molar-refractivity contribution in [2.45, 2.75) is 38.6 Å². The first-order valence-electron chi connectivity index (χ1n) is 8.13. The van der Waals surface area contributed by atoms with Gasteiger partial charge in [0.15, 0.2) is 11.5 Å². The summed E-state index contributed by atoms with van der Waals surface area (Å²) in [5, 5.41) is 9.29. The molecule has 2 atom stereocenters. The maximum atomic E-state index is 11.3. The SMILES string of the molecule is CCC(Cc1c(OC)cc(OC)c(OC)c1OC)CC(C)(N)C(=O)O. The number of nitrogens with two attached hydrogens (primary N) is 1. The van der Waals surface area contributed by atoms with E-state index in [9.17, 15) is 9.90 Å². The third-order valence-corrected chi connectivity index (χ3v) is 4.38. The van der Waals surface area contributed by atoms with E-state index in [1.165, 1.54) is 21.1 Å². The van der Waals surface area contributed by atoms with Gasteiger partial charge in [0.1, 0.15) is 11.3 Å². The highest BCUT2D eigenvalue weighted by Crippen LogP contribution is 2.46. The quantitative estimate of drug-likeness (QED) is 0.665. The molecule has 0 amide bonds. The van der Waals surface area contributed by atoms with E-state index in [1.54, 1.807) is 20.3 Å². The van der Waals surface area contributed by atoms with Gasteiger partial charge in [0.05, 0.1) is 28.4 Å². The van der Waals surface area contributed by atoms with Gasteiger partial charge in [-0.2, -0.15) is 0 Å². The zero-order valence-corrected chi connectivity index (χ0v) is 15.8. The number of rotatable bonds is 10. The van der Waals surface area contributed by atoms with Gasteiger partial charge < -0.3 is 29.8 Å². The summed E-state index contributed by atoms with van der Waals surface area (Å²) in [6.07, 6.45) is 1.64. The fourth-order valence-electron chi connectivity index (χ4n) is 2.91. The number of benzene rings is 1. The third-order valence-electron chi connectivity index (χ3n) is 4.38.